The minimum atomic E-state index is -4.55. The Morgan fingerprint density at radius 3 is 2.58 bits per heavy atom. The maximum absolute atomic E-state index is 13.9. The molecule has 0 aliphatic carbocycles. The monoisotopic (exact) mass is 547 g/mol. The summed E-state index contributed by atoms with van der Waals surface area (Å²) in [5.41, 5.74) is 2.35. The van der Waals surface area contributed by atoms with Crippen molar-refractivity contribution in [3.8, 4) is 17.6 Å². The molecule has 10 heteroatoms. The number of carbonyl (C=O) groups is 1. The van der Waals surface area contributed by atoms with Gasteiger partial charge in [-0.25, -0.2) is 4.98 Å². The number of rotatable bonds is 4. The number of imidazole rings is 1. The fourth-order valence-corrected chi connectivity index (χ4v) is 4.60. The van der Waals surface area contributed by atoms with Crippen LogP contribution in [-0.2, 0) is 12.7 Å². The molecule has 0 atom stereocenters. The van der Waals surface area contributed by atoms with Crippen LogP contribution in [0.3, 0.4) is 0 Å². The molecule has 0 spiro atoms. The summed E-state index contributed by atoms with van der Waals surface area (Å²) in [4.78, 5) is 21.4. The van der Waals surface area contributed by atoms with E-state index < -0.39 is 17.6 Å². The van der Waals surface area contributed by atoms with E-state index >= 15 is 0 Å². The zero-order valence-electron chi connectivity index (χ0n) is 22.1. The largest absolute Gasteiger partial charge is 0.508 e. The SMILES string of the molecule is Cc1ccc(C(=O)Nc2ccc(CN3CCN(C)CC3)c(C(F)(F)F)c2)cc1C#Cc1cnc2cc(O)ccn12. The number of likely N-dealkylation sites (N-methyl/N-ethyl adjacent to an activating group) is 1. The first-order valence-electron chi connectivity index (χ1n) is 12.8. The zero-order chi connectivity index (χ0) is 28.4. The lowest BCUT2D eigenvalue weighted by atomic mass is 10.0. The molecule has 0 unspecified atom stereocenters. The maximum Gasteiger partial charge on any atom is 0.416 e. The van der Waals surface area contributed by atoms with Crippen molar-refractivity contribution in [1.82, 2.24) is 19.2 Å². The number of piperazine rings is 1. The van der Waals surface area contributed by atoms with E-state index in [9.17, 15) is 23.1 Å². The van der Waals surface area contributed by atoms with Crippen molar-refractivity contribution in [2.75, 3.05) is 38.5 Å². The minimum absolute atomic E-state index is 0.0710. The van der Waals surface area contributed by atoms with Gasteiger partial charge in [0, 0.05) is 61.8 Å². The van der Waals surface area contributed by atoms with Crippen LogP contribution in [0.15, 0.2) is 60.9 Å². The summed E-state index contributed by atoms with van der Waals surface area (Å²) in [6.45, 7) is 5.07. The molecule has 0 radical (unpaired) electrons. The highest BCUT2D eigenvalue weighted by atomic mass is 19.4. The smallest absolute Gasteiger partial charge is 0.416 e. The Morgan fingerprint density at radius 1 is 1.05 bits per heavy atom. The molecule has 1 saturated heterocycles. The molecule has 0 saturated carbocycles. The van der Waals surface area contributed by atoms with E-state index in [0.717, 1.165) is 24.7 Å². The highest BCUT2D eigenvalue weighted by Gasteiger charge is 2.34. The third kappa shape index (κ3) is 6.11. The predicted octanol–water partition coefficient (Wildman–Crippen LogP) is 4.77. The van der Waals surface area contributed by atoms with Gasteiger partial charge in [0.1, 0.15) is 17.1 Å². The molecule has 1 amide bonds. The Hall–Kier alpha value is -4.33. The third-order valence-corrected chi connectivity index (χ3v) is 6.98. The van der Waals surface area contributed by atoms with E-state index in [-0.39, 0.29) is 29.1 Å². The molecule has 5 rings (SSSR count). The second-order valence-electron chi connectivity index (χ2n) is 9.94. The van der Waals surface area contributed by atoms with Crippen molar-refractivity contribution < 1.29 is 23.1 Å². The number of amides is 1. The molecule has 2 N–H and O–H groups in total. The Morgan fingerprint density at radius 2 is 1.82 bits per heavy atom. The number of carbonyl (C=O) groups excluding carboxylic acids is 1. The van der Waals surface area contributed by atoms with Crippen LogP contribution in [-0.4, -0.2) is 63.4 Å². The van der Waals surface area contributed by atoms with Gasteiger partial charge in [0.2, 0.25) is 0 Å². The van der Waals surface area contributed by atoms with E-state index in [2.05, 4.69) is 27.0 Å². The summed E-state index contributed by atoms with van der Waals surface area (Å²) in [6, 6.07) is 12.0. The number of hydrogen-bond donors (Lipinski definition) is 2. The number of pyridine rings is 1. The van der Waals surface area contributed by atoms with Gasteiger partial charge in [-0.05, 0) is 61.4 Å². The molecule has 1 aliphatic rings. The first kappa shape index (κ1) is 27.2. The molecule has 3 heterocycles. The fraction of sp³-hybridized carbons (Fsp3) is 0.267. The second kappa shape index (κ2) is 11.0. The number of fused-ring (bicyclic) bond motifs is 1. The second-order valence-corrected chi connectivity index (χ2v) is 9.94. The van der Waals surface area contributed by atoms with Crippen LogP contribution in [0, 0.1) is 18.8 Å². The number of aromatic nitrogens is 2. The molecular formula is C30H28F3N5O2. The van der Waals surface area contributed by atoms with Crippen molar-refractivity contribution in [2.24, 2.45) is 0 Å². The molecule has 0 bridgehead atoms. The lowest BCUT2D eigenvalue weighted by Crippen LogP contribution is -2.44. The molecule has 1 fully saturated rings. The van der Waals surface area contributed by atoms with Gasteiger partial charge in [-0.15, -0.1) is 0 Å². The van der Waals surface area contributed by atoms with Crippen LogP contribution in [0.5, 0.6) is 5.75 Å². The molecule has 1 aliphatic heterocycles. The third-order valence-electron chi connectivity index (χ3n) is 6.98. The van der Waals surface area contributed by atoms with Gasteiger partial charge in [-0.2, -0.15) is 13.2 Å². The standard InChI is InChI=1S/C30H28F3N5O2/c1-20-3-4-22(15-21(20)6-8-25-18-34-28-17-26(39)9-10-38(25)28)29(40)35-24-7-5-23(27(16-24)30(31,32)33)19-37-13-11-36(2)12-14-37/h3-5,7,9-10,15-18,39H,11-14,19H2,1-2H3,(H,35,40). The zero-order valence-corrected chi connectivity index (χ0v) is 22.1. The Kier molecular flexibility index (Phi) is 7.52. The van der Waals surface area contributed by atoms with Crippen LogP contribution in [0.1, 0.15) is 38.3 Å². The Bertz CT molecular complexity index is 1630. The summed E-state index contributed by atoms with van der Waals surface area (Å²) in [7, 11) is 1.99. The number of benzene rings is 2. The molecule has 40 heavy (non-hydrogen) atoms. The van der Waals surface area contributed by atoms with Crippen molar-refractivity contribution >= 4 is 17.2 Å². The van der Waals surface area contributed by atoms with Gasteiger partial charge in [0.15, 0.2) is 0 Å². The summed E-state index contributed by atoms with van der Waals surface area (Å²) >= 11 is 0. The number of aryl methyl sites for hydroxylation is 1. The van der Waals surface area contributed by atoms with E-state index in [0.29, 0.717) is 30.0 Å². The quantitative estimate of drug-likeness (QED) is 0.361. The summed E-state index contributed by atoms with van der Waals surface area (Å²) in [5, 5.41) is 12.2. The Balaban J connectivity index is 1.35. The number of nitrogens with zero attached hydrogens (tertiary/aromatic N) is 4. The van der Waals surface area contributed by atoms with Gasteiger partial charge in [-0.3, -0.25) is 14.1 Å². The molecular weight excluding hydrogens is 519 g/mol. The molecule has 2 aromatic heterocycles. The lowest BCUT2D eigenvalue weighted by molar-refractivity contribution is -0.138. The van der Waals surface area contributed by atoms with Gasteiger partial charge in [-0.1, -0.05) is 18.1 Å². The number of nitrogens with one attached hydrogen (secondary N) is 1. The average molecular weight is 548 g/mol. The highest BCUT2D eigenvalue weighted by molar-refractivity contribution is 6.04. The lowest BCUT2D eigenvalue weighted by Gasteiger charge is -2.33. The molecule has 4 aromatic rings. The van der Waals surface area contributed by atoms with E-state index in [4.69, 9.17) is 0 Å². The Labute approximate surface area is 229 Å². The van der Waals surface area contributed by atoms with E-state index in [1.54, 1.807) is 35.0 Å². The van der Waals surface area contributed by atoms with Crippen LogP contribution < -0.4 is 5.32 Å². The molecule has 206 valence electrons. The summed E-state index contributed by atoms with van der Waals surface area (Å²) < 4.78 is 43.6. The van der Waals surface area contributed by atoms with Gasteiger partial charge < -0.3 is 15.3 Å². The van der Waals surface area contributed by atoms with Crippen LogP contribution in [0.2, 0.25) is 0 Å². The van der Waals surface area contributed by atoms with Crippen molar-refractivity contribution in [3.63, 3.8) is 0 Å². The predicted molar refractivity (Wildman–Crippen MR) is 146 cm³/mol. The number of anilines is 1. The van der Waals surface area contributed by atoms with Crippen LogP contribution in [0.25, 0.3) is 5.65 Å². The summed E-state index contributed by atoms with van der Waals surface area (Å²) in [6.07, 6.45) is -1.31. The number of halogens is 3. The number of hydrogen-bond acceptors (Lipinski definition) is 5. The average Bonchev–Trinajstić information content (AvgIpc) is 3.31. The molecule has 7 nitrogen and oxygen atoms in total. The van der Waals surface area contributed by atoms with Crippen molar-refractivity contribution in [3.05, 3.63) is 94.4 Å². The van der Waals surface area contributed by atoms with Crippen LogP contribution >= 0.6 is 0 Å². The highest BCUT2D eigenvalue weighted by Crippen LogP contribution is 2.34. The number of aromatic hydroxyl groups is 1. The van der Waals surface area contributed by atoms with Crippen LogP contribution in [0.4, 0.5) is 18.9 Å². The normalized spacial score (nSPS) is 14.6. The minimum Gasteiger partial charge on any atom is -0.508 e. The van der Waals surface area contributed by atoms with Crippen molar-refractivity contribution in [2.45, 2.75) is 19.6 Å². The first-order chi connectivity index (χ1) is 19.1. The van der Waals surface area contributed by atoms with Crippen molar-refractivity contribution in [1.29, 1.82) is 0 Å². The van der Waals surface area contributed by atoms with E-state index in [1.807, 2.05) is 18.9 Å². The van der Waals surface area contributed by atoms with Gasteiger partial charge in [0.25, 0.3) is 5.91 Å². The maximum atomic E-state index is 13.9. The van der Waals surface area contributed by atoms with Gasteiger partial charge >= 0.3 is 6.18 Å². The fourth-order valence-electron chi connectivity index (χ4n) is 4.60. The number of alkyl halides is 3. The van der Waals surface area contributed by atoms with Gasteiger partial charge in [0.05, 0.1) is 11.8 Å². The molecule has 2 aromatic carbocycles. The topological polar surface area (TPSA) is 73.1 Å². The first-order valence-corrected chi connectivity index (χ1v) is 12.8. The summed E-state index contributed by atoms with van der Waals surface area (Å²) in [5.74, 6) is 5.64. The van der Waals surface area contributed by atoms with E-state index in [1.165, 1.54) is 24.3 Å².